The second-order valence-corrected chi connectivity index (χ2v) is 6.04. The molecule has 1 saturated carbocycles. The summed E-state index contributed by atoms with van der Waals surface area (Å²) in [5.74, 6) is 1.40. The van der Waals surface area contributed by atoms with Gasteiger partial charge in [-0.05, 0) is 37.1 Å². The maximum atomic E-state index is 11.9. The summed E-state index contributed by atoms with van der Waals surface area (Å²) in [6.45, 7) is 0. The van der Waals surface area contributed by atoms with E-state index in [1.165, 1.54) is 0 Å². The lowest BCUT2D eigenvalue weighted by atomic mass is 10.2. The molecule has 0 aromatic carbocycles. The van der Waals surface area contributed by atoms with Crippen LogP contribution in [0.2, 0.25) is 0 Å². The van der Waals surface area contributed by atoms with Crippen LogP contribution in [0.3, 0.4) is 0 Å². The highest BCUT2D eigenvalue weighted by Crippen LogP contribution is 2.33. The zero-order valence-corrected chi connectivity index (χ0v) is 13.6. The molecule has 0 unspecified atom stereocenters. The number of hydrogen-bond donors (Lipinski definition) is 1. The van der Waals surface area contributed by atoms with Crippen molar-refractivity contribution in [1.82, 2.24) is 14.5 Å². The Kier molecular flexibility index (Phi) is 3.45. The summed E-state index contributed by atoms with van der Waals surface area (Å²) in [6.07, 6.45) is 5.44. The summed E-state index contributed by atoms with van der Waals surface area (Å²) < 4.78 is 7.41. The van der Waals surface area contributed by atoms with Gasteiger partial charge in [-0.2, -0.15) is 0 Å². The van der Waals surface area contributed by atoms with Gasteiger partial charge in [0.2, 0.25) is 11.8 Å². The van der Waals surface area contributed by atoms with Gasteiger partial charge in [0.15, 0.2) is 0 Å². The molecule has 3 heterocycles. The van der Waals surface area contributed by atoms with Gasteiger partial charge >= 0.3 is 0 Å². The number of carbonyl (C=O) groups excluding carboxylic acids is 1. The molecule has 0 atom stereocenters. The molecular formula is C18H18N4O2. The second kappa shape index (κ2) is 5.63. The highest BCUT2D eigenvalue weighted by molar-refractivity contribution is 5.96. The largest absolute Gasteiger partial charge is 0.481 e. The summed E-state index contributed by atoms with van der Waals surface area (Å²) in [6, 6.07) is 7.82. The van der Waals surface area contributed by atoms with E-state index < -0.39 is 0 Å². The summed E-state index contributed by atoms with van der Waals surface area (Å²) in [7, 11) is 3.59. The molecule has 122 valence electrons. The number of ether oxygens (including phenoxy) is 1. The molecule has 0 aliphatic heterocycles. The molecule has 24 heavy (non-hydrogen) atoms. The van der Waals surface area contributed by atoms with Crippen molar-refractivity contribution in [2.45, 2.75) is 12.8 Å². The number of amides is 1. The molecule has 3 aromatic heterocycles. The van der Waals surface area contributed by atoms with Crippen LogP contribution < -0.4 is 10.1 Å². The first-order valence-electron chi connectivity index (χ1n) is 7.93. The minimum absolute atomic E-state index is 0.0620. The lowest BCUT2D eigenvalue weighted by Crippen LogP contribution is -2.14. The van der Waals surface area contributed by atoms with Crippen molar-refractivity contribution in [2.75, 3.05) is 12.4 Å². The summed E-state index contributed by atoms with van der Waals surface area (Å²) >= 11 is 0. The molecule has 1 amide bonds. The van der Waals surface area contributed by atoms with Gasteiger partial charge in [0.25, 0.3) is 0 Å². The number of fused-ring (bicyclic) bond motifs is 1. The number of carbonyl (C=O) groups is 1. The Labute approximate surface area is 139 Å². The number of pyridine rings is 2. The Hall–Kier alpha value is -2.89. The number of hydrogen-bond acceptors (Lipinski definition) is 4. The van der Waals surface area contributed by atoms with E-state index in [0.29, 0.717) is 11.7 Å². The van der Waals surface area contributed by atoms with Gasteiger partial charge in [0.05, 0.1) is 30.1 Å². The van der Waals surface area contributed by atoms with E-state index in [-0.39, 0.29) is 11.8 Å². The summed E-state index contributed by atoms with van der Waals surface area (Å²) in [5.41, 5.74) is 2.89. The molecule has 6 nitrogen and oxygen atoms in total. The molecular weight excluding hydrogens is 304 g/mol. The molecule has 0 spiro atoms. The molecule has 0 bridgehead atoms. The van der Waals surface area contributed by atoms with Gasteiger partial charge in [-0.1, -0.05) is 0 Å². The number of nitrogens with zero attached hydrogens (tertiary/aromatic N) is 3. The average molecular weight is 322 g/mol. The Morgan fingerprint density at radius 1 is 1.33 bits per heavy atom. The van der Waals surface area contributed by atoms with Crippen LogP contribution in [0.25, 0.3) is 22.2 Å². The van der Waals surface area contributed by atoms with Crippen LogP contribution in [0, 0.1) is 5.92 Å². The summed E-state index contributed by atoms with van der Waals surface area (Å²) in [4.78, 5) is 20.5. The van der Waals surface area contributed by atoms with Crippen molar-refractivity contribution in [3.8, 4) is 17.1 Å². The quantitative estimate of drug-likeness (QED) is 0.802. The van der Waals surface area contributed by atoms with Crippen molar-refractivity contribution in [3.63, 3.8) is 0 Å². The molecule has 1 aliphatic rings. The first-order chi connectivity index (χ1) is 11.7. The SMILES string of the molecule is COc1ncccc1-c1cc2cc(NC(=O)C3CC3)ncc2n1C. The monoisotopic (exact) mass is 322 g/mol. The minimum Gasteiger partial charge on any atom is -0.481 e. The molecule has 1 N–H and O–H groups in total. The number of nitrogens with one attached hydrogen (secondary N) is 1. The van der Waals surface area contributed by atoms with E-state index in [0.717, 1.165) is 35.0 Å². The molecule has 6 heteroatoms. The molecule has 1 fully saturated rings. The third-order valence-electron chi connectivity index (χ3n) is 4.37. The molecule has 0 saturated heterocycles. The van der Waals surface area contributed by atoms with Crippen molar-refractivity contribution in [1.29, 1.82) is 0 Å². The number of methoxy groups -OCH3 is 1. The van der Waals surface area contributed by atoms with Crippen LogP contribution in [-0.2, 0) is 11.8 Å². The second-order valence-electron chi connectivity index (χ2n) is 6.04. The lowest BCUT2D eigenvalue weighted by Gasteiger charge is -2.08. The fraction of sp³-hybridized carbons (Fsp3) is 0.278. The first-order valence-corrected chi connectivity index (χ1v) is 7.93. The maximum Gasteiger partial charge on any atom is 0.228 e. The zero-order valence-electron chi connectivity index (χ0n) is 13.6. The van der Waals surface area contributed by atoms with E-state index in [1.54, 1.807) is 19.5 Å². The van der Waals surface area contributed by atoms with Crippen LogP contribution in [0.15, 0.2) is 36.7 Å². The van der Waals surface area contributed by atoms with E-state index in [1.807, 2.05) is 29.8 Å². The van der Waals surface area contributed by atoms with Crippen LogP contribution in [0.5, 0.6) is 5.88 Å². The fourth-order valence-electron chi connectivity index (χ4n) is 2.88. The Balaban J connectivity index is 1.75. The zero-order chi connectivity index (χ0) is 16.7. The standard InChI is InChI=1S/C18H18N4O2/c1-22-14(13-4-3-7-19-18(13)24-2)8-12-9-16(20-10-15(12)22)21-17(23)11-5-6-11/h3-4,7-11H,5-6H2,1-2H3,(H,20,21,23). The van der Waals surface area contributed by atoms with Gasteiger partial charge < -0.3 is 14.6 Å². The minimum atomic E-state index is 0.0620. The first kappa shape index (κ1) is 14.7. The van der Waals surface area contributed by atoms with Crippen LogP contribution >= 0.6 is 0 Å². The third kappa shape index (κ3) is 2.50. The Morgan fingerprint density at radius 2 is 2.17 bits per heavy atom. The van der Waals surface area contributed by atoms with E-state index >= 15 is 0 Å². The predicted molar refractivity (Wildman–Crippen MR) is 91.9 cm³/mol. The van der Waals surface area contributed by atoms with Crippen molar-refractivity contribution >= 4 is 22.6 Å². The predicted octanol–water partition coefficient (Wildman–Crippen LogP) is 2.99. The molecule has 1 aliphatic carbocycles. The number of aromatic nitrogens is 3. The average Bonchev–Trinajstić information content (AvgIpc) is 3.40. The summed E-state index contributed by atoms with van der Waals surface area (Å²) in [5, 5.41) is 3.90. The highest BCUT2D eigenvalue weighted by atomic mass is 16.5. The molecule has 4 rings (SSSR count). The van der Waals surface area contributed by atoms with E-state index in [9.17, 15) is 4.79 Å². The van der Waals surface area contributed by atoms with Gasteiger partial charge in [0.1, 0.15) is 5.82 Å². The van der Waals surface area contributed by atoms with E-state index in [4.69, 9.17) is 4.74 Å². The lowest BCUT2D eigenvalue weighted by molar-refractivity contribution is -0.117. The van der Waals surface area contributed by atoms with Gasteiger partial charge in [-0.25, -0.2) is 9.97 Å². The maximum absolute atomic E-state index is 11.9. The smallest absolute Gasteiger partial charge is 0.228 e. The number of rotatable bonds is 4. The highest BCUT2D eigenvalue weighted by Gasteiger charge is 2.29. The molecule has 3 aromatic rings. The number of aryl methyl sites for hydroxylation is 1. The van der Waals surface area contributed by atoms with Crippen molar-refractivity contribution < 1.29 is 9.53 Å². The number of anilines is 1. The van der Waals surface area contributed by atoms with Crippen LogP contribution in [0.1, 0.15) is 12.8 Å². The third-order valence-corrected chi connectivity index (χ3v) is 4.37. The van der Waals surface area contributed by atoms with Gasteiger partial charge in [-0.3, -0.25) is 4.79 Å². The Morgan fingerprint density at radius 3 is 2.92 bits per heavy atom. The topological polar surface area (TPSA) is 69.0 Å². The van der Waals surface area contributed by atoms with Crippen molar-refractivity contribution in [2.24, 2.45) is 13.0 Å². The van der Waals surface area contributed by atoms with Crippen molar-refractivity contribution in [3.05, 3.63) is 36.7 Å². The van der Waals surface area contributed by atoms with Crippen LogP contribution in [0.4, 0.5) is 5.82 Å². The molecule has 0 radical (unpaired) electrons. The van der Waals surface area contributed by atoms with Gasteiger partial charge in [0, 0.05) is 24.5 Å². The van der Waals surface area contributed by atoms with E-state index in [2.05, 4.69) is 21.4 Å². The normalized spacial score (nSPS) is 13.9. The Bertz CT molecular complexity index is 928. The fourth-order valence-corrected chi connectivity index (χ4v) is 2.88. The van der Waals surface area contributed by atoms with Gasteiger partial charge in [-0.15, -0.1) is 0 Å². The van der Waals surface area contributed by atoms with Crippen LogP contribution in [-0.4, -0.2) is 27.6 Å².